The molecule has 3 N–H and O–H groups in total. The standard InChI is InChI=1S/C26H25N3O3/c27-26(31)18-11-13-29(14-12-18)21-8-6-20(7-9-21)28-24(30)15-19-16-32-23-10-5-17-3-1-2-4-22(17)25(19)23/h1-10,16,18H,11-15H2,(H2,27,31)(H,28,30). The Bertz CT molecular complexity index is 1280. The van der Waals surface area contributed by atoms with Gasteiger partial charge in [-0.05, 0) is 53.9 Å². The van der Waals surface area contributed by atoms with Gasteiger partial charge in [0.2, 0.25) is 11.8 Å². The van der Waals surface area contributed by atoms with Crippen molar-refractivity contribution in [1.29, 1.82) is 0 Å². The van der Waals surface area contributed by atoms with Gasteiger partial charge >= 0.3 is 0 Å². The number of nitrogens with one attached hydrogen (secondary N) is 1. The average molecular weight is 428 g/mol. The summed E-state index contributed by atoms with van der Waals surface area (Å²) in [7, 11) is 0. The first-order chi connectivity index (χ1) is 15.6. The lowest BCUT2D eigenvalue weighted by molar-refractivity contribution is -0.122. The third kappa shape index (κ3) is 3.91. The van der Waals surface area contributed by atoms with Crippen molar-refractivity contribution in [3.05, 3.63) is 72.5 Å². The van der Waals surface area contributed by atoms with E-state index in [1.807, 2.05) is 48.5 Å². The number of carbonyl (C=O) groups excluding carboxylic acids is 2. The van der Waals surface area contributed by atoms with Gasteiger partial charge in [-0.2, -0.15) is 0 Å². The molecule has 1 aliphatic rings. The molecule has 1 aliphatic heterocycles. The fourth-order valence-electron chi connectivity index (χ4n) is 4.56. The maximum atomic E-state index is 12.7. The van der Waals surface area contributed by atoms with Crippen LogP contribution in [-0.4, -0.2) is 24.9 Å². The van der Waals surface area contributed by atoms with Crippen LogP contribution in [0.15, 0.2) is 71.3 Å². The molecule has 6 heteroatoms. The van der Waals surface area contributed by atoms with Gasteiger partial charge in [0.25, 0.3) is 0 Å². The Morgan fingerprint density at radius 2 is 1.75 bits per heavy atom. The molecule has 2 heterocycles. The highest BCUT2D eigenvalue weighted by molar-refractivity contribution is 6.09. The van der Waals surface area contributed by atoms with Crippen molar-refractivity contribution in [2.24, 2.45) is 11.7 Å². The first-order valence-electron chi connectivity index (χ1n) is 10.9. The van der Waals surface area contributed by atoms with Crippen molar-refractivity contribution in [2.75, 3.05) is 23.3 Å². The van der Waals surface area contributed by atoms with E-state index in [4.69, 9.17) is 10.2 Å². The molecule has 5 rings (SSSR count). The molecular formula is C26H25N3O3. The highest BCUT2D eigenvalue weighted by Gasteiger charge is 2.23. The van der Waals surface area contributed by atoms with E-state index in [1.165, 1.54) is 0 Å². The van der Waals surface area contributed by atoms with Crippen molar-refractivity contribution in [1.82, 2.24) is 0 Å². The van der Waals surface area contributed by atoms with E-state index < -0.39 is 0 Å². The number of fused-ring (bicyclic) bond motifs is 3. The van der Waals surface area contributed by atoms with Crippen molar-refractivity contribution >= 4 is 44.9 Å². The summed E-state index contributed by atoms with van der Waals surface area (Å²) in [6.45, 7) is 1.61. The zero-order valence-corrected chi connectivity index (χ0v) is 17.7. The number of anilines is 2. The number of primary amides is 1. The molecule has 0 saturated carbocycles. The van der Waals surface area contributed by atoms with Crippen LogP contribution >= 0.6 is 0 Å². The van der Waals surface area contributed by atoms with Crippen LogP contribution in [-0.2, 0) is 16.0 Å². The van der Waals surface area contributed by atoms with Gasteiger partial charge in [-0.1, -0.05) is 30.3 Å². The summed E-state index contributed by atoms with van der Waals surface area (Å²) >= 11 is 0. The number of amides is 2. The van der Waals surface area contributed by atoms with Crippen LogP contribution in [0.2, 0.25) is 0 Å². The van der Waals surface area contributed by atoms with Gasteiger partial charge in [0.05, 0.1) is 12.7 Å². The lowest BCUT2D eigenvalue weighted by atomic mass is 9.96. The molecule has 0 unspecified atom stereocenters. The van der Waals surface area contributed by atoms with E-state index in [2.05, 4.69) is 22.3 Å². The molecule has 0 radical (unpaired) electrons. The number of carbonyl (C=O) groups is 2. The van der Waals surface area contributed by atoms with Crippen LogP contribution in [0.5, 0.6) is 0 Å². The van der Waals surface area contributed by atoms with Crippen molar-refractivity contribution in [3.63, 3.8) is 0 Å². The van der Waals surface area contributed by atoms with E-state index in [0.717, 1.165) is 64.6 Å². The molecule has 1 fully saturated rings. The minimum absolute atomic E-state index is 0.0269. The number of piperidine rings is 1. The maximum Gasteiger partial charge on any atom is 0.228 e. The first-order valence-corrected chi connectivity index (χ1v) is 10.9. The van der Waals surface area contributed by atoms with Crippen LogP contribution in [0.25, 0.3) is 21.7 Å². The molecule has 1 saturated heterocycles. The van der Waals surface area contributed by atoms with Gasteiger partial charge in [-0.15, -0.1) is 0 Å². The Balaban J connectivity index is 1.26. The lowest BCUT2D eigenvalue weighted by Crippen LogP contribution is -2.38. The summed E-state index contributed by atoms with van der Waals surface area (Å²) < 4.78 is 5.70. The molecule has 6 nitrogen and oxygen atoms in total. The Morgan fingerprint density at radius 3 is 2.50 bits per heavy atom. The smallest absolute Gasteiger partial charge is 0.228 e. The molecule has 0 bridgehead atoms. The molecule has 0 atom stereocenters. The molecule has 162 valence electrons. The minimum Gasteiger partial charge on any atom is -0.464 e. The van der Waals surface area contributed by atoms with Gasteiger partial charge in [0.15, 0.2) is 0 Å². The van der Waals surface area contributed by atoms with Crippen LogP contribution in [0.1, 0.15) is 18.4 Å². The van der Waals surface area contributed by atoms with E-state index >= 15 is 0 Å². The quantitative estimate of drug-likeness (QED) is 0.492. The van der Waals surface area contributed by atoms with Crippen LogP contribution < -0.4 is 16.0 Å². The fourth-order valence-corrected chi connectivity index (χ4v) is 4.56. The number of benzene rings is 3. The number of rotatable bonds is 5. The molecule has 1 aromatic heterocycles. The lowest BCUT2D eigenvalue weighted by Gasteiger charge is -2.32. The molecule has 2 amide bonds. The van der Waals surface area contributed by atoms with E-state index in [0.29, 0.717) is 0 Å². The Hall–Kier alpha value is -3.80. The minimum atomic E-state index is -0.207. The molecule has 0 spiro atoms. The monoisotopic (exact) mass is 427 g/mol. The maximum absolute atomic E-state index is 12.7. The van der Waals surface area contributed by atoms with Crippen molar-refractivity contribution in [3.8, 4) is 0 Å². The number of nitrogens with zero attached hydrogens (tertiary/aromatic N) is 1. The fraction of sp³-hybridized carbons (Fsp3) is 0.231. The third-order valence-electron chi connectivity index (χ3n) is 6.30. The summed E-state index contributed by atoms with van der Waals surface area (Å²) in [5.41, 5.74) is 8.92. The Labute approximate surface area is 186 Å². The van der Waals surface area contributed by atoms with Gasteiger partial charge in [-0.25, -0.2) is 0 Å². The SMILES string of the molecule is NC(=O)C1CCN(c2ccc(NC(=O)Cc3coc4ccc5ccccc5c34)cc2)CC1. The largest absolute Gasteiger partial charge is 0.464 e. The van der Waals surface area contributed by atoms with Gasteiger partial charge in [0.1, 0.15) is 5.58 Å². The molecule has 4 aromatic rings. The summed E-state index contributed by atoms with van der Waals surface area (Å²) in [4.78, 5) is 26.3. The summed E-state index contributed by atoms with van der Waals surface area (Å²) in [5.74, 6) is -0.322. The third-order valence-corrected chi connectivity index (χ3v) is 6.30. The zero-order chi connectivity index (χ0) is 22.1. The number of furan rings is 1. The molecule has 0 aliphatic carbocycles. The van der Waals surface area contributed by atoms with Crippen molar-refractivity contribution in [2.45, 2.75) is 19.3 Å². The summed E-state index contributed by atoms with van der Waals surface area (Å²) in [6.07, 6.45) is 3.47. The Morgan fingerprint density at radius 1 is 1.00 bits per heavy atom. The van der Waals surface area contributed by atoms with Gasteiger partial charge in [0, 0.05) is 41.3 Å². The Kier molecular flexibility index (Phi) is 5.27. The number of nitrogens with two attached hydrogens (primary N) is 1. The van der Waals surface area contributed by atoms with Crippen LogP contribution in [0.3, 0.4) is 0 Å². The second kappa shape index (κ2) is 8.38. The average Bonchev–Trinajstić information content (AvgIpc) is 3.22. The first kappa shape index (κ1) is 20.1. The second-order valence-corrected chi connectivity index (χ2v) is 8.36. The number of hydrogen-bond acceptors (Lipinski definition) is 4. The van der Waals surface area contributed by atoms with Crippen LogP contribution in [0, 0.1) is 5.92 Å². The van der Waals surface area contributed by atoms with Gasteiger partial charge in [-0.3, -0.25) is 9.59 Å². The normalized spacial score (nSPS) is 14.7. The van der Waals surface area contributed by atoms with E-state index in [1.54, 1.807) is 6.26 Å². The number of hydrogen-bond donors (Lipinski definition) is 2. The summed E-state index contributed by atoms with van der Waals surface area (Å²) in [6, 6.07) is 19.9. The summed E-state index contributed by atoms with van der Waals surface area (Å²) in [5, 5.41) is 6.19. The zero-order valence-electron chi connectivity index (χ0n) is 17.7. The van der Waals surface area contributed by atoms with Crippen molar-refractivity contribution < 1.29 is 14.0 Å². The molecule has 32 heavy (non-hydrogen) atoms. The topological polar surface area (TPSA) is 88.6 Å². The van der Waals surface area contributed by atoms with E-state index in [9.17, 15) is 9.59 Å². The second-order valence-electron chi connectivity index (χ2n) is 8.36. The predicted octanol–water partition coefficient (Wildman–Crippen LogP) is 4.47. The molecule has 3 aromatic carbocycles. The predicted molar refractivity (Wildman–Crippen MR) is 127 cm³/mol. The highest BCUT2D eigenvalue weighted by Crippen LogP contribution is 2.30. The van der Waals surface area contributed by atoms with Gasteiger partial charge < -0.3 is 20.4 Å². The van der Waals surface area contributed by atoms with E-state index in [-0.39, 0.29) is 24.2 Å². The van der Waals surface area contributed by atoms with Crippen LogP contribution in [0.4, 0.5) is 11.4 Å². The molecular weight excluding hydrogens is 402 g/mol. The highest BCUT2D eigenvalue weighted by atomic mass is 16.3.